The number of hydrogen-bond acceptors (Lipinski definition) is 4. The summed E-state index contributed by atoms with van der Waals surface area (Å²) in [5.41, 5.74) is 0.106. The number of carbonyl (C=O) groups is 1. The molecule has 1 aromatic heterocycles. The number of para-hydroxylation sites is 1. The minimum Gasteiger partial charge on any atom is -0.448 e. The molecule has 6 heteroatoms. The zero-order valence-corrected chi connectivity index (χ0v) is 11.7. The van der Waals surface area contributed by atoms with Crippen molar-refractivity contribution < 1.29 is 18.7 Å². The molecule has 108 valence electrons. The molecule has 0 aliphatic rings. The highest BCUT2D eigenvalue weighted by Gasteiger charge is 2.13. The van der Waals surface area contributed by atoms with Gasteiger partial charge in [0.15, 0.2) is 17.2 Å². The summed E-state index contributed by atoms with van der Waals surface area (Å²) in [6.45, 7) is 0.693. The van der Waals surface area contributed by atoms with E-state index in [4.69, 9.17) is 9.52 Å². The fraction of sp³-hybridized carbons (Fsp3) is 0.357. The number of fused-ring (bicyclic) bond motifs is 1. The van der Waals surface area contributed by atoms with E-state index in [1.54, 1.807) is 23.9 Å². The quantitative estimate of drug-likeness (QED) is 0.770. The number of aliphatic hydroxyl groups excluding tert-OH is 1. The van der Waals surface area contributed by atoms with Gasteiger partial charge in [0.1, 0.15) is 0 Å². The maximum atomic E-state index is 13.4. The minimum atomic E-state index is -0.471. The molecule has 2 N–H and O–H groups in total. The van der Waals surface area contributed by atoms with Crippen molar-refractivity contribution in [3.8, 4) is 0 Å². The molecule has 0 unspecified atom stereocenters. The van der Waals surface area contributed by atoms with Gasteiger partial charge < -0.3 is 14.8 Å². The summed E-state index contributed by atoms with van der Waals surface area (Å²) < 4.78 is 18.7. The lowest BCUT2D eigenvalue weighted by molar-refractivity contribution is 0.0930. The molecule has 1 heterocycles. The van der Waals surface area contributed by atoms with Crippen molar-refractivity contribution in [2.75, 3.05) is 24.7 Å². The number of thioether (sulfide) groups is 1. The van der Waals surface area contributed by atoms with Gasteiger partial charge in [0.2, 0.25) is 0 Å². The molecule has 1 aromatic carbocycles. The van der Waals surface area contributed by atoms with Gasteiger partial charge in [-0.3, -0.25) is 4.79 Å². The lowest BCUT2D eigenvalue weighted by atomic mass is 10.2. The number of hydrogen-bond donors (Lipinski definition) is 2. The van der Waals surface area contributed by atoms with Crippen molar-refractivity contribution in [2.45, 2.75) is 6.42 Å². The molecule has 20 heavy (non-hydrogen) atoms. The molecule has 0 spiro atoms. The smallest absolute Gasteiger partial charge is 0.287 e. The van der Waals surface area contributed by atoms with E-state index in [1.807, 2.05) is 0 Å². The zero-order valence-electron chi connectivity index (χ0n) is 10.9. The molecule has 0 aliphatic heterocycles. The second-order valence-corrected chi connectivity index (χ2v) is 5.44. The van der Waals surface area contributed by atoms with Crippen molar-refractivity contribution in [1.29, 1.82) is 0 Å². The Hall–Kier alpha value is -1.53. The maximum absolute atomic E-state index is 13.4. The van der Waals surface area contributed by atoms with E-state index in [0.717, 1.165) is 17.9 Å². The van der Waals surface area contributed by atoms with Crippen LogP contribution >= 0.6 is 11.8 Å². The second-order valence-electron chi connectivity index (χ2n) is 4.21. The number of amides is 1. The number of benzene rings is 1. The predicted molar refractivity (Wildman–Crippen MR) is 77.5 cm³/mol. The van der Waals surface area contributed by atoms with Crippen LogP contribution < -0.4 is 5.32 Å². The molecule has 0 saturated carbocycles. The monoisotopic (exact) mass is 297 g/mol. The minimum absolute atomic E-state index is 0.106. The van der Waals surface area contributed by atoms with Crippen LogP contribution in [0.2, 0.25) is 0 Å². The summed E-state index contributed by atoms with van der Waals surface area (Å²) in [4.78, 5) is 11.8. The summed E-state index contributed by atoms with van der Waals surface area (Å²) in [5.74, 6) is 0.928. The maximum Gasteiger partial charge on any atom is 0.287 e. The van der Waals surface area contributed by atoms with Gasteiger partial charge in [-0.2, -0.15) is 11.8 Å². The summed E-state index contributed by atoms with van der Waals surface area (Å²) >= 11 is 1.66. The van der Waals surface area contributed by atoms with E-state index in [0.29, 0.717) is 11.9 Å². The first-order chi connectivity index (χ1) is 9.72. The SMILES string of the molecule is O=C(NCCSCCCO)c1cc2cccc(F)c2o1. The van der Waals surface area contributed by atoms with Crippen LogP contribution in [0.3, 0.4) is 0 Å². The Balaban J connectivity index is 1.86. The number of aliphatic hydroxyl groups is 1. The number of nitrogens with one attached hydrogen (secondary N) is 1. The molecular formula is C14H16FNO3S. The highest BCUT2D eigenvalue weighted by molar-refractivity contribution is 7.99. The Morgan fingerprint density at radius 3 is 3.00 bits per heavy atom. The second kappa shape index (κ2) is 7.31. The number of halogens is 1. The Kier molecular flexibility index (Phi) is 5.43. The molecule has 0 radical (unpaired) electrons. The van der Waals surface area contributed by atoms with Crippen LogP contribution in [0, 0.1) is 5.82 Å². The van der Waals surface area contributed by atoms with Gasteiger partial charge in [-0.15, -0.1) is 0 Å². The lowest BCUT2D eigenvalue weighted by Gasteiger charge is -2.02. The highest BCUT2D eigenvalue weighted by atomic mass is 32.2. The van der Waals surface area contributed by atoms with Gasteiger partial charge in [-0.1, -0.05) is 12.1 Å². The highest BCUT2D eigenvalue weighted by Crippen LogP contribution is 2.21. The summed E-state index contributed by atoms with van der Waals surface area (Å²) in [5, 5.41) is 11.9. The third kappa shape index (κ3) is 3.74. The van der Waals surface area contributed by atoms with Crippen LogP contribution in [0.15, 0.2) is 28.7 Å². The van der Waals surface area contributed by atoms with Crippen LogP contribution in [0.1, 0.15) is 17.0 Å². The topological polar surface area (TPSA) is 62.5 Å². The molecule has 2 aromatic rings. The normalized spacial score (nSPS) is 10.9. The van der Waals surface area contributed by atoms with E-state index in [1.165, 1.54) is 12.1 Å². The molecule has 0 aliphatic carbocycles. The summed E-state index contributed by atoms with van der Waals surface area (Å²) in [6.07, 6.45) is 0.751. The van der Waals surface area contributed by atoms with Crippen LogP contribution in [0.25, 0.3) is 11.0 Å². The third-order valence-corrected chi connectivity index (χ3v) is 3.77. The zero-order chi connectivity index (χ0) is 14.4. The van der Waals surface area contributed by atoms with Crippen molar-refractivity contribution in [1.82, 2.24) is 5.32 Å². The van der Waals surface area contributed by atoms with Crippen LogP contribution in [-0.4, -0.2) is 35.7 Å². The number of carbonyl (C=O) groups excluding carboxylic acids is 1. The summed E-state index contributed by atoms with van der Waals surface area (Å²) in [6, 6.07) is 6.11. The molecule has 1 amide bonds. The Bertz CT molecular complexity index is 585. The first-order valence-electron chi connectivity index (χ1n) is 6.37. The van der Waals surface area contributed by atoms with Crippen molar-refractivity contribution in [3.05, 3.63) is 35.8 Å². The molecule has 0 saturated heterocycles. The van der Waals surface area contributed by atoms with Gasteiger partial charge >= 0.3 is 0 Å². The van der Waals surface area contributed by atoms with Gasteiger partial charge in [0.25, 0.3) is 5.91 Å². The summed E-state index contributed by atoms with van der Waals surface area (Å²) in [7, 11) is 0. The van der Waals surface area contributed by atoms with Crippen molar-refractivity contribution >= 4 is 28.6 Å². The molecule has 0 fully saturated rings. The average Bonchev–Trinajstić information content (AvgIpc) is 2.88. The Morgan fingerprint density at radius 2 is 2.25 bits per heavy atom. The van der Waals surface area contributed by atoms with Crippen molar-refractivity contribution in [2.24, 2.45) is 0 Å². The van der Waals surface area contributed by atoms with Crippen LogP contribution in [-0.2, 0) is 0 Å². The molecular weight excluding hydrogens is 281 g/mol. The van der Waals surface area contributed by atoms with Crippen LogP contribution in [0.5, 0.6) is 0 Å². The predicted octanol–water partition coefficient (Wildman–Crippen LogP) is 2.42. The molecule has 4 nitrogen and oxygen atoms in total. The van der Waals surface area contributed by atoms with Gasteiger partial charge in [-0.05, 0) is 24.3 Å². The molecule has 2 rings (SSSR count). The van der Waals surface area contributed by atoms with E-state index in [2.05, 4.69) is 5.32 Å². The molecule has 0 atom stereocenters. The Morgan fingerprint density at radius 1 is 1.40 bits per heavy atom. The van der Waals surface area contributed by atoms with E-state index in [-0.39, 0.29) is 23.9 Å². The molecule has 0 bridgehead atoms. The fourth-order valence-corrected chi connectivity index (χ4v) is 2.52. The largest absolute Gasteiger partial charge is 0.448 e. The van der Waals surface area contributed by atoms with E-state index in [9.17, 15) is 9.18 Å². The van der Waals surface area contributed by atoms with Gasteiger partial charge in [0.05, 0.1) is 0 Å². The number of furan rings is 1. The number of rotatable bonds is 7. The average molecular weight is 297 g/mol. The first-order valence-corrected chi connectivity index (χ1v) is 7.52. The lowest BCUT2D eigenvalue weighted by Crippen LogP contribution is -2.25. The van der Waals surface area contributed by atoms with Gasteiger partial charge in [0, 0.05) is 24.3 Å². The van der Waals surface area contributed by atoms with Crippen molar-refractivity contribution in [3.63, 3.8) is 0 Å². The van der Waals surface area contributed by atoms with E-state index < -0.39 is 5.82 Å². The standard InChI is InChI=1S/C14H16FNO3S/c15-11-4-1-3-10-9-12(19-13(10)11)14(18)16-5-8-20-7-2-6-17/h1,3-4,9,17H,2,5-8H2,(H,16,18). The van der Waals surface area contributed by atoms with Crippen LogP contribution in [0.4, 0.5) is 4.39 Å². The van der Waals surface area contributed by atoms with E-state index >= 15 is 0 Å². The van der Waals surface area contributed by atoms with Gasteiger partial charge in [-0.25, -0.2) is 4.39 Å². The first kappa shape index (κ1) is 14.9. The fourth-order valence-electron chi connectivity index (χ4n) is 1.73. The Labute approximate surface area is 120 Å². The third-order valence-electron chi connectivity index (χ3n) is 2.70.